The zero-order valence-corrected chi connectivity index (χ0v) is 10.3. The average Bonchev–Trinajstić information content (AvgIpc) is 2.18. The van der Waals surface area contributed by atoms with E-state index in [0.29, 0.717) is 17.7 Å². The molecule has 0 spiro atoms. The first-order chi connectivity index (χ1) is 6.93. The predicted molar refractivity (Wildman–Crippen MR) is 65.5 cm³/mol. The Morgan fingerprint density at radius 2 is 1.73 bits per heavy atom. The molecule has 0 saturated heterocycles. The molecule has 0 aromatic heterocycles. The van der Waals surface area contributed by atoms with E-state index in [1.54, 1.807) is 0 Å². The quantitative estimate of drug-likeness (QED) is 0.795. The number of aryl methyl sites for hydroxylation is 1. The van der Waals surface area contributed by atoms with Crippen LogP contribution in [0.4, 0.5) is 5.69 Å². The molecule has 1 rings (SSSR count). The second-order valence-corrected chi connectivity index (χ2v) is 4.58. The third kappa shape index (κ3) is 2.65. The molecule has 2 nitrogen and oxygen atoms in total. The third-order valence-electron chi connectivity index (χ3n) is 3.02. The van der Waals surface area contributed by atoms with Crippen molar-refractivity contribution >= 4 is 5.69 Å². The van der Waals surface area contributed by atoms with Gasteiger partial charge in [-0.1, -0.05) is 19.9 Å². The minimum absolute atomic E-state index is 0.399. The number of nitrogens with one attached hydrogen (secondary N) is 1. The van der Waals surface area contributed by atoms with Crippen LogP contribution in [0, 0.1) is 19.8 Å². The Labute approximate surface area is 92.3 Å². The molecule has 0 bridgehead atoms. The van der Waals surface area contributed by atoms with Crippen molar-refractivity contribution in [1.29, 1.82) is 0 Å². The van der Waals surface area contributed by atoms with E-state index >= 15 is 0 Å². The summed E-state index contributed by atoms with van der Waals surface area (Å²) in [5.74, 6) is 0.976. The lowest BCUT2D eigenvalue weighted by molar-refractivity contribution is 0.467. The van der Waals surface area contributed by atoms with Gasteiger partial charge in [0.05, 0.1) is 0 Å². The zero-order valence-electron chi connectivity index (χ0n) is 10.3. The van der Waals surface area contributed by atoms with Crippen LogP contribution in [-0.2, 0) is 0 Å². The van der Waals surface area contributed by atoms with Gasteiger partial charge in [-0.2, -0.15) is 0 Å². The van der Waals surface area contributed by atoms with Gasteiger partial charge in [0.15, 0.2) is 0 Å². The maximum absolute atomic E-state index is 9.80. The molecule has 2 N–H and O–H groups in total. The largest absolute Gasteiger partial charge is 0.507 e. The SMILES string of the molecule is Cc1ccc(NC(C)C(C)C)c(C)c1O. The molecule has 15 heavy (non-hydrogen) atoms. The molecule has 0 aliphatic carbocycles. The van der Waals surface area contributed by atoms with E-state index in [2.05, 4.69) is 26.1 Å². The standard InChI is InChI=1S/C13H21NO/c1-8(2)11(5)14-12-7-6-9(3)13(15)10(12)4/h6-8,11,14-15H,1-5H3. The van der Waals surface area contributed by atoms with Gasteiger partial charge in [-0.05, 0) is 38.3 Å². The lowest BCUT2D eigenvalue weighted by Gasteiger charge is -2.21. The highest BCUT2D eigenvalue weighted by atomic mass is 16.3. The smallest absolute Gasteiger partial charge is 0.123 e. The molecule has 0 radical (unpaired) electrons. The van der Waals surface area contributed by atoms with Crippen LogP contribution in [0.25, 0.3) is 0 Å². The molecule has 0 heterocycles. The molecule has 1 unspecified atom stereocenters. The zero-order chi connectivity index (χ0) is 11.6. The lowest BCUT2D eigenvalue weighted by Crippen LogP contribution is -2.21. The number of anilines is 1. The number of hydrogen-bond donors (Lipinski definition) is 2. The first-order valence-electron chi connectivity index (χ1n) is 5.49. The number of hydrogen-bond acceptors (Lipinski definition) is 2. The highest BCUT2D eigenvalue weighted by Crippen LogP contribution is 2.28. The van der Waals surface area contributed by atoms with Gasteiger partial charge in [-0.3, -0.25) is 0 Å². The van der Waals surface area contributed by atoms with Gasteiger partial charge in [0.1, 0.15) is 5.75 Å². The second-order valence-electron chi connectivity index (χ2n) is 4.58. The van der Waals surface area contributed by atoms with Crippen molar-refractivity contribution < 1.29 is 5.11 Å². The summed E-state index contributed by atoms with van der Waals surface area (Å²) in [6, 6.07) is 4.38. The Hall–Kier alpha value is -1.18. The Balaban J connectivity index is 2.92. The molecule has 0 amide bonds. The molecular weight excluding hydrogens is 186 g/mol. The first kappa shape index (κ1) is 11.9. The first-order valence-corrected chi connectivity index (χ1v) is 5.49. The third-order valence-corrected chi connectivity index (χ3v) is 3.02. The second kappa shape index (κ2) is 4.56. The van der Waals surface area contributed by atoms with Crippen molar-refractivity contribution in [3.8, 4) is 5.75 Å². The van der Waals surface area contributed by atoms with Gasteiger partial charge >= 0.3 is 0 Å². The molecule has 0 aliphatic rings. The predicted octanol–water partition coefficient (Wildman–Crippen LogP) is 3.47. The summed E-state index contributed by atoms with van der Waals surface area (Å²) in [5.41, 5.74) is 2.89. The monoisotopic (exact) mass is 207 g/mol. The number of aromatic hydroxyl groups is 1. The van der Waals surface area contributed by atoms with Crippen molar-refractivity contribution in [3.05, 3.63) is 23.3 Å². The van der Waals surface area contributed by atoms with E-state index in [9.17, 15) is 5.11 Å². The maximum Gasteiger partial charge on any atom is 0.123 e. The van der Waals surface area contributed by atoms with E-state index in [0.717, 1.165) is 16.8 Å². The average molecular weight is 207 g/mol. The van der Waals surface area contributed by atoms with E-state index < -0.39 is 0 Å². The van der Waals surface area contributed by atoms with E-state index in [1.807, 2.05) is 26.0 Å². The number of benzene rings is 1. The van der Waals surface area contributed by atoms with Gasteiger partial charge in [0.25, 0.3) is 0 Å². The van der Waals surface area contributed by atoms with E-state index in [1.165, 1.54) is 0 Å². The van der Waals surface area contributed by atoms with Gasteiger partial charge in [-0.25, -0.2) is 0 Å². The molecule has 84 valence electrons. The topological polar surface area (TPSA) is 32.3 Å². The lowest BCUT2D eigenvalue weighted by atomic mass is 10.0. The molecule has 1 aromatic carbocycles. The number of phenolic OH excluding ortho intramolecular Hbond substituents is 1. The van der Waals surface area contributed by atoms with Gasteiger partial charge in [-0.15, -0.1) is 0 Å². The molecule has 2 heteroatoms. The van der Waals surface area contributed by atoms with Gasteiger partial charge in [0, 0.05) is 17.3 Å². The summed E-state index contributed by atoms with van der Waals surface area (Å²) < 4.78 is 0. The van der Waals surface area contributed by atoms with Crippen LogP contribution in [0.2, 0.25) is 0 Å². The molecule has 1 atom stereocenters. The molecule has 1 aromatic rings. The van der Waals surface area contributed by atoms with E-state index in [-0.39, 0.29) is 0 Å². The van der Waals surface area contributed by atoms with Gasteiger partial charge < -0.3 is 10.4 Å². The van der Waals surface area contributed by atoms with Crippen LogP contribution in [0.3, 0.4) is 0 Å². The summed E-state index contributed by atoms with van der Waals surface area (Å²) in [5, 5.41) is 13.2. The Kier molecular flexibility index (Phi) is 3.61. The summed E-state index contributed by atoms with van der Waals surface area (Å²) in [4.78, 5) is 0. The molecule has 0 saturated carbocycles. The van der Waals surface area contributed by atoms with Crippen molar-refractivity contribution in [2.45, 2.75) is 40.7 Å². The van der Waals surface area contributed by atoms with Crippen LogP contribution >= 0.6 is 0 Å². The van der Waals surface area contributed by atoms with Gasteiger partial charge in [0.2, 0.25) is 0 Å². The molecular formula is C13H21NO. The summed E-state index contributed by atoms with van der Waals surface area (Å²) in [7, 11) is 0. The van der Waals surface area contributed by atoms with Crippen LogP contribution in [0.5, 0.6) is 5.75 Å². The molecule has 0 aliphatic heterocycles. The number of rotatable bonds is 3. The van der Waals surface area contributed by atoms with Crippen molar-refractivity contribution in [2.24, 2.45) is 5.92 Å². The fourth-order valence-electron chi connectivity index (χ4n) is 1.40. The molecule has 0 fully saturated rings. The Bertz CT molecular complexity index is 345. The normalized spacial score (nSPS) is 12.9. The Morgan fingerprint density at radius 3 is 2.27 bits per heavy atom. The van der Waals surface area contributed by atoms with Crippen molar-refractivity contribution in [1.82, 2.24) is 0 Å². The van der Waals surface area contributed by atoms with Crippen molar-refractivity contribution in [2.75, 3.05) is 5.32 Å². The Morgan fingerprint density at radius 1 is 1.13 bits per heavy atom. The minimum Gasteiger partial charge on any atom is -0.507 e. The summed E-state index contributed by atoms with van der Waals surface area (Å²) in [6.45, 7) is 10.4. The van der Waals surface area contributed by atoms with Crippen LogP contribution in [-0.4, -0.2) is 11.1 Å². The highest BCUT2D eigenvalue weighted by molar-refractivity contribution is 5.59. The number of phenols is 1. The fourth-order valence-corrected chi connectivity index (χ4v) is 1.40. The van der Waals surface area contributed by atoms with E-state index in [4.69, 9.17) is 0 Å². The van der Waals surface area contributed by atoms with Crippen LogP contribution in [0.1, 0.15) is 31.9 Å². The summed E-state index contributed by atoms with van der Waals surface area (Å²) >= 11 is 0. The van der Waals surface area contributed by atoms with Crippen LogP contribution in [0.15, 0.2) is 12.1 Å². The van der Waals surface area contributed by atoms with Crippen LogP contribution < -0.4 is 5.32 Å². The highest BCUT2D eigenvalue weighted by Gasteiger charge is 2.10. The maximum atomic E-state index is 9.80. The fraction of sp³-hybridized carbons (Fsp3) is 0.538. The van der Waals surface area contributed by atoms with Crippen molar-refractivity contribution in [3.63, 3.8) is 0 Å². The summed E-state index contributed by atoms with van der Waals surface area (Å²) in [6.07, 6.45) is 0. The minimum atomic E-state index is 0.399.